The maximum absolute atomic E-state index is 6.75. The van der Waals surface area contributed by atoms with Crippen LogP contribution in [0.3, 0.4) is 0 Å². The Morgan fingerprint density at radius 1 is 0.446 bits per heavy atom. The van der Waals surface area contributed by atoms with Gasteiger partial charge in [0.05, 0.1) is 5.41 Å². The molecule has 2 aliphatic rings. The van der Waals surface area contributed by atoms with Crippen molar-refractivity contribution in [3.8, 4) is 22.3 Å². The minimum Gasteiger partial charge on any atom is -0.0963 e. The van der Waals surface area contributed by atoms with Gasteiger partial charge < -0.3 is 0 Å². The first-order valence-corrected chi connectivity index (χ1v) is 20.5. The van der Waals surface area contributed by atoms with E-state index in [-0.39, 0.29) is 17.8 Å². The summed E-state index contributed by atoms with van der Waals surface area (Å²) in [4.78, 5) is 0. The lowest BCUT2D eigenvalue weighted by Crippen LogP contribution is -2.27. The zero-order valence-electron chi connectivity index (χ0n) is 31.4. The van der Waals surface area contributed by atoms with Gasteiger partial charge in [0.25, 0.3) is 0 Å². The maximum atomic E-state index is 6.75. The Morgan fingerprint density at radius 2 is 0.893 bits per heavy atom. The summed E-state index contributed by atoms with van der Waals surface area (Å²) in [5, 5.41) is 0. The Kier molecular flexibility index (Phi) is 8.76. The summed E-state index contributed by atoms with van der Waals surface area (Å²) in [5.74, 6) is 0.633. The number of hydrogen-bond acceptors (Lipinski definition) is 0. The fraction of sp³-hybridized carbons (Fsp3) is 0.111. The van der Waals surface area contributed by atoms with E-state index in [1.165, 1.54) is 77.9 Å². The molecule has 56 heavy (non-hydrogen) atoms. The first kappa shape index (κ1) is 34.8. The molecule has 2 radical (unpaired) electrons. The standard InChI is InChI=1S/C54H40BBr/c1-35(53(39-18-10-4-11-19-39)40-20-12-5-13-21-40)41-23-27-45-44-26-22-36(30-48(37-14-6-2-7-15-37)38-16-8-3-9-17-38)31-49(44)54(50(45)32-41)51-33-42(55)24-28-46(51)47-29-25-43(56)34-52(47)54/h2-29,31-35,48,53H,30H2,1H3. The van der Waals surface area contributed by atoms with Crippen molar-refractivity contribution in [3.63, 3.8) is 0 Å². The van der Waals surface area contributed by atoms with Crippen LogP contribution in [0.2, 0.25) is 0 Å². The van der Waals surface area contributed by atoms with Crippen molar-refractivity contribution in [2.45, 2.75) is 36.5 Å². The highest BCUT2D eigenvalue weighted by Gasteiger charge is 2.52. The van der Waals surface area contributed by atoms with Crippen LogP contribution in [0.4, 0.5) is 0 Å². The smallest absolute Gasteiger partial charge is 0.0963 e. The second kappa shape index (κ2) is 14.1. The van der Waals surface area contributed by atoms with Crippen LogP contribution in [-0.2, 0) is 11.8 Å². The van der Waals surface area contributed by atoms with Gasteiger partial charge in [0.15, 0.2) is 0 Å². The molecule has 2 aliphatic carbocycles. The highest BCUT2D eigenvalue weighted by atomic mass is 79.9. The predicted octanol–water partition coefficient (Wildman–Crippen LogP) is 12.9. The Bertz CT molecular complexity index is 2570. The first-order chi connectivity index (χ1) is 27.5. The fourth-order valence-corrected chi connectivity index (χ4v) is 10.4. The Balaban J connectivity index is 1.19. The van der Waals surface area contributed by atoms with Gasteiger partial charge in [-0.05, 0) is 102 Å². The predicted molar refractivity (Wildman–Crippen MR) is 237 cm³/mol. The minimum absolute atomic E-state index is 0.197. The van der Waals surface area contributed by atoms with Gasteiger partial charge in [0.1, 0.15) is 7.85 Å². The lowest BCUT2D eigenvalue weighted by atomic mass is 9.68. The van der Waals surface area contributed by atoms with Gasteiger partial charge >= 0.3 is 0 Å². The third-order valence-corrected chi connectivity index (χ3v) is 13.0. The zero-order valence-corrected chi connectivity index (χ0v) is 33.0. The molecule has 8 aromatic rings. The van der Waals surface area contributed by atoms with Gasteiger partial charge in [-0.2, -0.15) is 0 Å². The molecule has 0 amide bonds. The highest BCUT2D eigenvalue weighted by Crippen LogP contribution is 2.63. The average molecular weight is 780 g/mol. The van der Waals surface area contributed by atoms with Crippen molar-refractivity contribution in [2.24, 2.45) is 0 Å². The van der Waals surface area contributed by atoms with Gasteiger partial charge in [-0.3, -0.25) is 0 Å². The molecule has 0 bridgehead atoms. The minimum atomic E-state index is -0.537. The molecular formula is C54H40BBr. The summed E-state index contributed by atoms with van der Waals surface area (Å²) < 4.78 is 1.08. The molecule has 8 aromatic carbocycles. The van der Waals surface area contributed by atoms with Crippen LogP contribution in [0.25, 0.3) is 22.3 Å². The van der Waals surface area contributed by atoms with Crippen LogP contribution in [0.5, 0.6) is 0 Å². The van der Waals surface area contributed by atoms with Crippen LogP contribution < -0.4 is 5.46 Å². The van der Waals surface area contributed by atoms with Crippen LogP contribution >= 0.6 is 15.9 Å². The van der Waals surface area contributed by atoms with E-state index in [0.29, 0.717) is 0 Å². The lowest BCUT2D eigenvalue weighted by Gasteiger charge is -2.32. The van der Waals surface area contributed by atoms with Crippen molar-refractivity contribution >= 4 is 29.2 Å². The molecule has 0 aliphatic heterocycles. The summed E-state index contributed by atoms with van der Waals surface area (Å²) in [6.07, 6.45) is 0.890. The largest absolute Gasteiger partial charge is 0.113 e. The van der Waals surface area contributed by atoms with E-state index in [9.17, 15) is 0 Å². The summed E-state index contributed by atoms with van der Waals surface area (Å²) in [6.45, 7) is 2.40. The number of benzene rings is 8. The lowest BCUT2D eigenvalue weighted by molar-refractivity contribution is 0.655. The molecule has 0 N–H and O–H groups in total. The van der Waals surface area contributed by atoms with Crippen molar-refractivity contribution in [3.05, 3.63) is 254 Å². The molecule has 0 heterocycles. The summed E-state index contributed by atoms with van der Waals surface area (Å²) in [5.41, 5.74) is 18.6. The molecule has 0 saturated heterocycles. The van der Waals surface area contributed by atoms with E-state index >= 15 is 0 Å². The van der Waals surface area contributed by atoms with Crippen LogP contribution in [0.1, 0.15) is 80.3 Å². The monoisotopic (exact) mass is 778 g/mol. The Labute approximate surface area is 340 Å². The topological polar surface area (TPSA) is 0 Å². The third kappa shape index (κ3) is 5.65. The second-order valence-corrected chi connectivity index (χ2v) is 16.5. The number of rotatable bonds is 8. The Morgan fingerprint density at radius 3 is 1.46 bits per heavy atom. The number of fused-ring (bicyclic) bond motifs is 10. The van der Waals surface area contributed by atoms with Crippen LogP contribution in [0.15, 0.2) is 199 Å². The van der Waals surface area contributed by atoms with Gasteiger partial charge in [0.2, 0.25) is 0 Å². The van der Waals surface area contributed by atoms with E-state index < -0.39 is 5.41 Å². The third-order valence-electron chi connectivity index (χ3n) is 12.5. The highest BCUT2D eigenvalue weighted by molar-refractivity contribution is 9.10. The van der Waals surface area contributed by atoms with E-state index in [0.717, 1.165) is 16.4 Å². The molecule has 10 rings (SSSR count). The zero-order chi connectivity index (χ0) is 37.8. The molecule has 0 aromatic heterocycles. The van der Waals surface area contributed by atoms with Gasteiger partial charge in [0, 0.05) is 16.3 Å². The van der Waals surface area contributed by atoms with E-state index in [2.05, 4.69) is 217 Å². The second-order valence-electron chi connectivity index (χ2n) is 15.6. The van der Waals surface area contributed by atoms with Crippen molar-refractivity contribution in [1.82, 2.24) is 0 Å². The van der Waals surface area contributed by atoms with Crippen LogP contribution in [-0.4, -0.2) is 7.85 Å². The molecule has 0 fully saturated rings. The van der Waals surface area contributed by atoms with E-state index in [4.69, 9.17) is 7.85 Å². The number of halogens is 1. The summed E-state index contributed by atoms with van der Waals surface area (Å²) >= 11 is 3.92. The van der Waals surface area contributed by atoms with Crippen molar-refractivity contribution in [1.29, 1.82) is 0 Å². The average Bonchev–Trinajstić information content (AvgIpc) is 3.69. The van der Waals surface area contributed by atoms with Crippen molar-refractivity contribution < 1.29 is 0 Å². The summed E-state index contributed by atoms with van der Waals surface area (Å²) in [7, 11) is 6.75. The van der Waals surface area contributed by atoms with E-state index in [1.807, 2.05) is 0 Å². The normalized spacial score (nSPS) is 15.4. The molecule has 1 spiro atoms. The van der Waals surface area contributed by atoms with Crippen LogP contribution in [0, 0.1) is 0 Å². The van der Waals surface area contributed by atoms with Gasteiger partial charge in [-0.25, -0.2) is 0 Å². The maximum Gasteiger partial charge on any atom is 0.113 e. The van der Waals surface area contributed by atoms with Crippen molar-refractivity contribution in [2.75, 3.05) is 0 Å². The molecule has 2 unspecified atom stereocenters. The molecule has 0 nitrogen and oxygen atoms in total. The van der Waals surface area contributed by atoms with E-state index in [1.54, 1.807) is 0 Å². The molecular weight excluding hydrogens is 739 g/mol. The molecule has 0 saturated carbocycles. The Hall–Kier alpha value is -5.70. The summed E-state index contributed by atoms with van der Waals surface area (Å²) in [6, 6.07) is 71.9. The SMILES string of the molecule is [B]c1ccc2c(c1)C1(c3cc(Br)ccc3-2)c2cc(CC(c3ccccc3)c3ccccc3)ccc2-c2ccc(C(C)C(c3ccccc3)c3ccccc3)cc21. The van der Waals surface area contributed by atoms with Gasteiger partial charge in [-0.1, -0.05) is 210 Å². The fourth-order valence-electron chi connectivity index (χ4n) is 10.0. The first-order valence-electron chi connectivity index (χ1n) is 19.7. The molecule has 2 atom stereocenters. The molecule has 2 heteroatoms. The quantitative estimate of drug-likeness (QED) is 0.135. The molecule has 266 valence electrons. The number of hydrogen-bond donors (Lipinski definition) is 0. The van der Waals surface area contributed by atoms with Gasteiger partial charge in [-0.15, -0.1) is 0 Å².